The van der Waals surface area contributed by atoms with Crippen molar-refractivity contribution in [3.05, 3.63) is 69.1 Å². The Bertz CT molecular complexity index is 1790. The molecular formula is C31H31Cl2F3N6O3S. The van der Waals surface area contributed by atoms with Gasteiger partial charge in [0.15, 0.2) is 0 Å². The van der Waals surface area contributed by atoms with Gasteiger partial charge in [-0.05, 0) is 81.2 Å². The summed E-state index contributed by atoms with van der Waals surface area (Å²) >= 11 is 13.2. The molecule has 15 heteroatoms. The van der Waals surface area contributed by atoms with E-state index in [2.05, 4.69) is 25.9 Å². The van der Waals surface area contributed by atoms with Crippen LogP contribution in [0.2, 0.25) is 10.0 Å². The van der Waals surface area contributed by atoms with Gasteiger partial charge in [0.25, 0.3) is 5.56 Å². The van der Waals surface area contributed by atoms with E-state index < -0.39 is 29.1 Å². The monoisotopic (exact) mass is 694 g/mol. The van der Waals surface area contributed by atoms with E-state index in [1.165, 1.54) is 24.4 Å². The van der Waals surface area contributed by atoms with Crippen LogP contribution in [0.25, 0.3) is 22.2 Å². The normalized spacial score (nSPS) is 17.2. The lowest BCUT2D eigenvalue weighted by molar-refractivity contribution is -0.140. The van der Waals surface area contributed by atoms with E-state index in [4.69, 9.17) is 27.9 Å². The Hall–Kier alpha value is -3.23. The Morgan fingerprint density at radius 1 is 1.00 bits per heavy atom. The standard InChI is InChI=1S/C31H31Cl2F3N6O3S/c32-25-14-23(46(44)22-7-11-45-12-8-22)15-26(33)27(25)24-13-18-16-38-30(41-28(18)42(29(24)43)17-31(34,35)36)40-20-3-1-19(2-4-20)39-21-5-9-37-10-6-21/h1-4,13-16,21-22,37,39H,5-12,17H2,(H,38,40,41). The maximum Gasteiger partial charge on any atom is 0.406 e. The molecule has 2 aromatic heterocycles. The van der Waals surface area contributed by atoms with Crippen LogP contribution in [0.5, 0.6) is 0 Å². The van der Waals surface area contributed by atoms with Crippen LogP contribution in [0.15, 0.2) is 58.4 Å². The summed E-state index contributed by atoms with van der Waals surface area (Å²) in [7, 11) is -1.44. The molecule has 3 N–H and O–H groups in total. The minimum absolute atomic E-state index is 0.00443. The number of fused-ring (bicyclic) bond motifs is 1. The Kier molecular flexibility index (Phi) is 9.85. The van der Waals surface area contributed by atoms with Gasteiger partial charge in [-0.1, -0.05) is 23.2 Å². The summed E-state index contributed by atoms with van der Waals surface area (Å²) in [5, 5.41) is 9.85. The van der Waals surface area contributed by atoms with E-state index in [9.17, 15) is 22.2 Å². The molecule has 0 saturated carbocycles. The van der Waals surface area contributed by atoms with Gasteiger partial charge in [0.1, 0.15) is 12.2 Å². The predicted molar refractivity (Wildman–Crippen MR) is 175 cm³/mol. The van der Waals surface area contributed by atoms with Gasteiger partial charge >= 0.3 is 6.18 Å². The van der Waals surface area contributed by atoms with Crippen LogP contribution in [-0.4, -0.2) is 62.5 Å². The van der Waals surface area contributed by atoms with Crippen LogP contribution in [0.1, 0.15) is 25.7 Å². The van der Waals surface area contributed by atoms with E-state index >= 15 is 0 Å². The van der Waals surface area contributed by atoms with Crippen molar-refractivity contribution in [2.75, 3.05) is 36.9 Å². The number of alkyl halides is 3. The number of rotatable bonds is 8. The molecule has 1 atom stereocenters. The fraction of sp³-hybridized carbons (Fsp3) is 0.387. The lowest BCUT2D eigenvalue weighted by Gasteiger charge is -2.24. The van der Waals surface area contributed by atoms with Crippen LogP contribution in [0.3, 0.4) is 0 Å². The SMILES string of the molecule is O=c1c(-c2c(Cl)cc(S(=O)C3CCOCC3)cc2Cl)cc2cnc(Nc3ccc(NC4CCNCC4)cc3)nc2n1CC(F)(F)F. The van der Waals surface area contributed by atoms with Crippen LogP contribution >= 0.6 is 23.2 Å². The van der Waals surface area contributed by atoms with Gasteiger partial charge in [0, 0.05) is 57.9 Å². The molecule has 2 aliphatic heterocycles. The molecule has 1 unspecified atom stereocenters. The largest absolute Gasteiger partial charge is 0.406 e. The number of hydrogen-bond acceptors (Lipinski definition) is 8. The van der Waals surface area contributed by atoms with Crippen molar-refractivity contribution >= 4 is 62.4 Å². The third kappa shape index (κ3) is 7.49. The fourth-order valence-corrected chi connectivity index (χ4v) is 8.00. The molecule has 2 fully saturated rings. The summed E-state index contributed by atoms with van der Waals surface area (Å²) in [6.45, 7) is 1.32. The van der Waals surface area contributed by atoms with Gasteiger partial charge in [-0.2, -0.15) is 18.2 Å². The molecule has 2 aliphatic rings. The van der Waals surface area contributed by atoms with E-state index in [0.717, 1.165) is 31.6 Å². The minimum Gasteiger partial charge on any atom is -0.382 e. The molecule has 2 aromatic carbocycles. The first-order chi connectivity index (χ1) is 22.1. The highest BCUT2D eigenvalue weighted by Crippen LogP contribution is 2.37. The quantitative estimate of drug-likeness (QED) is 0.191. The third-order valence-electron chi connectivity index (χ3n) is 8.00. The van der Waals surface area contributed by atoms with Crippen molar-refractivity contribution in [1.82, 2.24) is 19.9 Å². The number of aromatic nitrogens is 3. The molecule has 0 radical (unpaired) electrons. The Morgan fingerprint density at radius 3 is 2.30 bits per heavy atom. The number of anilines is 3. The summed E-state index contributed by atoms with van der Waals surface area (Å²) in [6, 6.07) is 12.1. The Balaban J connectivity index is 1.32. The highest BCUT2D eigenvalue weighted by atomic mass is 35.5. The topological polar surface area (TPSA) is 110 Å². The van der Waals surface area contributed by atoms with Gasteiger partial charge in [-0.3, -0.25) is 13.6 Å². The summed E-state index contributed by atoms with van der Waals surface area (Å²) in [6.07, 6.45) is -0.142. The lowest BCUT2D eigenvalue weighted by atomic mass is 10.1. The summed E-state index contributed by atoms with van der Waals surface area (Å²) in [5.41, 5.74) is 0.259. The van der Waals surface area contributed by atoms with Crippen LogP contribution in [-0.2, 0) is 22.1 Å². The van der Waals surface area contributed by atoms with Gasteiger partial charge in [-0.25, -0.2) is 4.98 Å². The molecule has 0 amide bonds. The zero-order valence-corrected chi connectivity index (χ0v) is 26.8. The molecular weight excluding hydrogens is 664 g/mol. The summed E-state index contributed by atoms with van der Waals surface area (Å²) in [4.78, 5) is 22.7. The second-order valence-corrected chi connectivity index (χ2v) is 13.8. The van der Waals surface area contributed by atoms with Crippen molar-refractivity contribution in [2.24, 2.45) is 0 Å². The van der Waals surface area contributed by atoms with Gasteiger partial charge < -0.3 is 20.7 Å². The molecule has 244 valence electrons. The summed E-state index contributed by atoms with van der Waals surface area (Å²) in [5.74, 6) is 0.0191. The maximum atomic E-state index is 13.8. The minimum atomic E-state index is -4.73. The molecule has 4 aromatic rings. The number of nitrogens with one attached hydrogen (secondary N) is 3. The van der Waals surface area contributed by atoms with E-state index in [-0.39, 0.29) is 43.4 Å². The molecule has 0 bridgehead atoms. The third-order valence-corrected chi connectivity index (χ3v) is 10.4. The second-order valence-electron chi connectivity index (χ2n) is 11.3. The van der Waals surface area contributed by atoms with Crippen LogP contribution in [0, 0.1) is 0 Å². The second kappa shape index (κ2) is 13.9. The maximum absolute atomic E-state index is 13.8. The zero-order chi connectivity index (χ0) is 32.4. The molecule has 46 heavy (non-hydrogen) atoms. The Labute approximate surface area is 275 Å². The zero-order valence-electron chi connectivity index (χ0n) is 24.5. The first-order valence-corrected chi connectivity index (χ1v) is 16.8. The average Bonchev–Trinajstić information content (AvgIpc) is 3.03. The molecule has 6 rings (SSSR count). The molecule has 2 saturated heterocycles. The average molecular weight is 696 g/mol. The smallest absolute Gasteiger partial charge is 0.382 e. The van der Waals surface area contributed by atoms with Crippen LogP contribution in [0.4, 0.5) is 30.5 Å². The number of piperidine rings is 1. The number of ether oxygens (including phenoxy) is 1. The van der Waals surface area contributed by atoms with Gasteiger partial charge in [0.05, 0.1) is 26.4 Å². The van der Waals surface area contributed by atoms with E-state index in [1.54, 1.807) is 0 Å². The van der Waals surface area contributed by atoms with Crippen molar-refractivity contribution in [2.45, 2.75) is 54.6 Å². The number of pyridine rings is 1. The number of halogens is 5. The molecule has 0 aliphatic carbocycles. The van der Waals surface area contributed by atoms with Crippen molar-refractivity contribution in [3.8, 4) is 11.1 Å². The van der Waals surface area contributed by atoms with Gasteiger partial charge in [-0.15, -0.1) is 0 Å². The summed E-state index contributed by atoms with van der Waals surface area (Å²) < 4.78 is 60.5. The van der Waals surface area contributed by atoms with Crippen molar-refractivity contribution < 1.29 is 22.1 Å². The van der Waals surface area contributed by atoms with E-state index in [0.29, 0.717) is 47.2 Å². The highest BCUT2D eigenvalue weighted by molar-refractivity contribution is 7.85. The molecule has 9 nitrogen and oxygen atoms in total. The van der Waals surface area contributed by atoms with Crippen molar-refractivity contribution in [3.63, 3.8) is 0 Å². The fourth-order valence-electron chi connectivity index (χ4n) is 5.71. The first kappa shape index (κ1) is 32.7. The molecule has 0 spiro atoms. The molecule has 4 heterocycles. The number of nitrogens with zero attached hydrogens (tertiary/aromatic N) is 3. The number of benzene rings is 2. The lowest BCUT2D eigenvalue weighted by Crippen LogP contribution is -2.35. The van der Waals surface area contributed by atoms with Crippen LogP contribution < -0.4 is 21.5 Å². The van der Waals surface area contributed by atoms with Gasteiger partial charge in [0.2, 0.25) is 5.95 Å². The predicted octanol–water partition coefficient (Wildman–Crippen LogP) is 6.52. The first-order valence-electron chi connectivity index (χ1n) is 14.8. The highest BCUT2D eigenvalue weighted by Gasteiger charge is 2.31. The number of hydrogen-bond donors (Lipinski definition) is 3. The van der Waals surface area contributed by atoms with Crippen molar-refractivity contribution in [1.29, 1.82) is 0 Å². The Morgan fingerprint density at radius 2 is 1.65 bits per heavy atom. The van der Waals surface area contributed by atoms with E-state index in [1.807, 2.05) is 24.3 Å².